The summed E-state index contributed by atoms with van der Waals surface area (Å²) in [4.78, 5) is 0. The molecule has 0 aliphatic heterocycles. The van der Waals surface area contributed by atoms with E-state index in [1.807, 2.05) is 0 Å². The molecule has 24 heavy (non-hydrogen) atoms. The van der Waals surface area contributed by atoms with Gasteiger partial charge in [-0.05, 0) is 17.7 Å². The summed E-state index contributed by atoms with van der Waals surface area (Å²) in [6.07, 6.45) is 1.18. The summed E-state index contributed by atoms with van der Waals surface area (Å²) in [5.41, 5.74) is 0.180. The molecular formula is C18H15F3O3. The molecule has 1 N–H and O–H groups in total. The monoisotopic (exact) mass is 336 g/mol. The van der Waals surface area contributed by atoms with Gasteiger partial charge in [-0.25, -0.2) is 0 Å². The zero-order chi connectivity index (χ0) is 17.9. The number of rotatable bonds is 4. The molecule has 0 bridgehead atoms. The molecule has 0 heterocycles. The van der Waals surface area contributed by atoms with Gasteiger partial charge in [-0.15, -0.1) is 6.42 Å². The average Bonchev–Trinajstić information content (AvgIpc) is 2.55. The Balaban J connectivity index is 2.55. The number of phenols is 1. The van der Waals surface area contributed by atoms with E-state index in [2.05, 4.69) is 5.92 Å². The Bertz CT molecular complexity index is 734. The van der Waals surface area contributed by atoms with Crippen LogP contribution in [-0.2, 0) is 6.18 Å². The number of ether oxygens (including phenoxy) is 2. The van der Waals surface area contributed by atoms with Crippen molar-refractivity contribution in [3.63, 3.8) is 0 Å². The van der Waals surface area contributed by atoms with Crippen LogP contribution < -0.4 is 9.47 Å². The van der Waals surface area contributed by atoms with Crippen LogP contribution in [-0.4, -0.2) is 19.3 Å². The highest BCUT2D eigenvalue weighted by molar-refractivity contribution is 5.57. The van der Waals surface area contributed by atoms with Gasteiger partial charge in [0.1, 0.15) is 17.2 Å². The topological polar surface area (TPSA) is 38.7 Å². The van der Waals surface area contributed by atoms with Crippen LogP contribution in [0.2, 0.25) is 0 Å². The molecule has 2 rings (SSSR count). The maximum atomic E-state index is 12.7. The Kier molecular flexibility index (Phi) is 4.93. The molecule has 0 aliphatic rings. The number of aromatic hydroxyl groups is 1. The van der Waals surface area contributed by atoms with Gasteiger partial charge in [0.2, 0.25) is 0 Å². The summed E-state index contributed by atoms with van der Waals surface area (Å²) in [5, 5.41) is 9.69. The number of hydrogen-bond donors (Lipinski definition) is 1. The van der Waals surface area contributed by atoms with Crippen LogP contribution in [0.1, 0.15) is 22.6 Å². The number of benzene rings is 2. The van der Waals surface area contributed by atoms with E-state index < -0.39 is 17.7 Å². The first kappa shape index (κ1) is 17.5. The molecule has 0 saturated carbocycles. The smallest absolute Gasteiger partial charge is 0.416 e. The Hall–Kier alpha value is -2.81. The lowest BCUT2D eigenvalue weighted by molar-refractivity contribution is -0.137. The third kappa shape index (κ3) is 3.40. The highest BCUT2D eigenvalue weighted by Gasteiger charge is 2.30. The molecule has 3 nitrogen and oxygen atoms in total. The van der Waals surface area contributed by atoms with Crippen LogP contribution in [0.15, 0.2) is 36.4 Å². The quantitative estimate of drug-likeness (QED) is 0.851. The molecule has 6 heteroatoms. The number of halogens is 3. The zero-order valence-corrected chi connectivity index (χ0v) is 13.0. The number of methoxy groups -OCH3 is 2. The second kappa shape index (κ2) is 6.75. The standard InChI is InChI=1S/C18H15F3O3/c1-4-14(11-5-7-12(8-6-11)18(19,20)21)17-15(23-2)9-13(22)10-16(17)24-3/h1,5-10,14,22H,2-3H3. The summed E-state index contributed by atoms with van der Waals surface area (Å²) < 4.78 is 48.6. The Morgan fingerprint density at radius 3 is 1.92 bits per heavy atom. The highest BCUT2D eigenvalue weighted by Crippen LogP contribution is 2.41. The molecule has 2 aromatic carbocycles. The minimum absolute atomic E-state index is 0.0735. The predicted octanol–water partition coefficient (Wildman–Crippen LogP) is 4.19. The number of hydrogen-bond acceptors (Lipinski definition) is 3. The molecule has 2 aromatic rings. The van der Waals surface area contributed by atoms with Crippen molar-refractivity contribution in [2.45, 2.75) is 12.1 Å². The van der Waals surface area contributed by atoms with Gasteiger partial charge in [-0.1, -0.05) is 18.1 Å². The first-order valence-electron chi connectivity index (χ1n) is 6.90. The van der Waals surface area contributed by atoms with Gasteiger partial charge in [0, 0.05) is 12.1 Å². The number of phenolic OH excluding ortho intramolecular Hbond substituents is 1. The van der Waals surface area contributed by atoms with Gasteiger partial charge in [0.25, 0.3) is 0 Å². The van der Waals surface area contributed by atoms with E-state index in [9.17, 15) is 18.3 Å². The van der Waals surface area contributed by atoms with Crippen LogP contribution in [0.4, 0.5) is 13.2 Å². The van der Waals surface area contributed by atoms with Gasteiger partial charge >= 0.3 is 6.18 Å². The van der Waals surface area contributed by atoms with Crippen molar-refractivity contribution in [2.75, 3.05) is 14.2 Å². The number of terminal acetylenes is 1. The zero-order valence-electron chi connectivity index (χ0n) is 13.0. The third-order valence-electron chi connectivity index (χ3n) is 3.56. The highest BCUT2D eigenvalue weighted by atomic mass is 19.4. The maximum absolute atomic E-state index is 12.7. The second-order valence-electron chi connectivity index (χ2n) is 4.98. The fourth-order valence-corrected chi connectivity index (χ4v) is 2.42. The van der Waals surface area contributed by atoms with Crippen LogP contribution in [0, 0.1) is 12.3 Å². The molecule has 0 amide bonds. The summed E-state index contributed by atoms with van der Waals surface area (Å²) in [6, 6.07) is 7.31. The van der Waals surface area contributed by atoms with Crippen LogP contribution in [0.3, 0.4) is 0 Å². The third-order valence-corrected chi connectivity index (χ3v) is 3.56. The van der Waals surface area contributed by atoms with Crippen molar-refractivity contribution in [3.8, 4) is 29.6 Å². The minimum Gasteiger partial charge on any atom is -0.508 e. The van der Waals surface area contributed by atoms with E-state index in [1.54, 1.807) is 0 Å². The van der Waals surface area contributed by atoms with E-state index in [1.165, 1.54) is 38.5 Å². The van der Waals surface area contributed by atoms with Crippen molar-refractivity contribution < 1.29 is 27.8 Å². The molecule has 0 fully saturated rings. The van der Waals surface area contributed by atoms with Crippen molar-refractivity contribution in [3.05, 3.63) is 53.1 Å². The fraction of sp³-hybridized carbons (Fsp3) is 0.222. The summed E-state index contributed by atoms with van der Waals surface area (Å²) in [7, 11) is 2.80. The van der Waals surface area contributed by atoms with Crippen molar-refractivity contribution in [2.24, 2.45) is 0 Å². The summed E-state index contributed by atoms with van der Waals surface area (Å²) >= 11 is 0. The first-order valence-corrected chi connectivity index (χ1v) is 6.90. The lowest BCUT2D eigenvalue weighted by atomic mass is 9.90. The lowest BCUT2D eigenvalue weighted by Gasteiger charge is -2.19. The van der Waals surface area contributed by atoms with Gasteiger partial charge < -0.3 is 14.6 Å². The van der Waals surface area contributed by atoms with Crippen molar-refractivity contribution in [1.29, 1.82) is 0 Å². The van der Waals surface area contributed by atoms with Gasteiger partial charge in [0.15, 0.2) is 0 Å². The van der Waals surface area contributed by atoms with E-state index in [0.717, 1.165) is 12.1 Å². The van der Waals surface area contributed by atoms with Crippen LogP contribution in [0.5, 0.6) is 17.2 Å². The molecule has 1 unspecified atom stereocenters. The first-order chi connectivity index (χ1) is 11.3. The SMILES string of the molecule is C#CC(c1ccc(C(F)(F)F)cc1)c1c(OC)cc(O)cc1OC. The molecule has 0 saturated heterocycles. The van der Waals surface area contributed by atoms with Gasteiger partial charge in [-0.3, -0.25) is 0 Å². The Morgan fingerprint density at radius 1 is 1.04 bits per heavy atom. The normalized spacial score (nSPS) is 12.3. The molecule has 0 radical (unpaired) electrons. The van der Waals surface area contributed by atoms with Crippen LogP contribution in [0.25, 0.3) is 0 Å². The molecule has 0 aliphatic carbocycles. The molecular weight excluding hydrogens is 321 g/mol. The van der Waals surface area contributed by atoms with Gasteiger partial charge in [-0.2, -0.15) is 13.2 Å². The molecule has 0 spiro atoms. The predicted molar refractivity (Wildman–Crippen MR) is 83.3 cm³/mol. The van der Waals surface area contributed by atoms with Gasteiger partial charge in [0.05, 0.1) is 31.3 Å². The molecule has 0 aromatic heterocycles. The van der Waals surface area contributed by atoms with Crippen molar-refractivity contribution in [1.82, 2.24) is 0 Å². The van der Waals surface area contributed by atoms with E-state index in [0.29, 0.717) is 11.1 Å². The van der Waals surface area contributed by atoms with E-state index in [4.69, 9.17) is 15.9 Å². The molecule has 126 valence electrons. The lowest BCUT2D eigenvalue weighted by Crippen LogP contribution is -2.07. The van der Waals surface area contributed by atoms with E-state index >= 15 is 0 Å². The largest absolute Gasteiger partial charge is 0.508 e. The summed E-state index contributed by atoms with van der Waals surface area (Å²) in [5.74, 6) is 2.34. The number of alkyl halides is 3. The van der Waals surface area contributed by atoms with Crippen LogP contribution >= 0.6 is 0 Å². The maximum Gasteiger partial charge on any atom is 0.416 e. The van der Waals surface area contributed by atoms with Crippen molar-refractivity contribution >= 4 is 0 Å². The second-order valence-corrected chi connectivity index (χ2v) is 4.98. The Morgan fingerprint density at radius 2 is 1.54 bits per heavy atom. The minimum atomic E-state index is -4.42. The Labute approximate surface area is 137 Å². The summed E-state index contributed by atoms with van der Waals surface area (Å²) in [6.45, 7) is 0. The average molecular weight is 336 g/mol. The fourth-order valence-electron chi connectivity index (χ4n) is 2.42. The van der Waals surface area contributed by atoms with E-state index in [-0.39, 0.29) is 17.2 Å². The molecule has 1 atom stereocenters.